The van der Waals surface area contributed by atoms with Gasteiger partial charge in [0.25, 0.3) is 11.7 Å². The number of amides is 1. The summed E-state index contributed by atoms with van der Waals surface area (Å²) in [6.45, 7) is 2.59. The number of aromatic nitrogens is 2. The van der Waals surface area contributed by atoms with Crippen LogP contribution in [0.1, 0.15) is 23.1 Å². The Kier molecular flexibility index (Phi) is 3.04. The van der Waals surface area contributed by atoms with Crippen LogP contribution in [0.3, 0.4) is 0 Å². The van der Waals surface area contributed by atoms with Crippen molar-refractivity contribution in [3.05, 3.63) is 47.5 Å². The third-order valence-electron chi connectivity index (χ3n) is 3.46. The number of halogens is 2. The number of ketones is 1. The Morgan fingerprint density at radius 1 is 1.19 bits per heavy atom. The van der Waals surface area contributed by atoms with Crippen molar-refractivity contribution >= 4 is 17.4 Å². The van der Waals surface area contributed by atoms with E-state index in [0.29, 0.717) is 12.4 Å². The van der Waals surface area contributed by atoms with Crippen molar-refractivity contribution in [2.75, 3.05) is 4.90 Å². The average Bonchev–Trinajstić information content (AvgIpc) is 3.00. The molecule has 0 bridgehead atoms. The number of nitrogens with zero attached hydrogens (tertiary/aromatic N) is 3. The quantitative estimate of drug-likeness (QED) is 0.812. The normalized spacial score (nSPS) is 14.0. The number of Topliss-reactive ketones (excluding diaryl/α,β-unsaturated/α-hetero) is 1. The van der Waals surface area contributed by atoms with Crippen molar-refractivity contribution in [3.63, 3.8) is 0 Å². The first-order chi connectivity index (χ1) is 10.0. The first-order valence-electron chi connectivity index (χ1n) is 6.38. The zero-order chi connectivity index (χ0) is 15.1. The number of carbonyl (C=O) groups excluding carboxylic acids is 2. The second-order valence-corrected chi connectivity index (χ2v) is 4.63. The molecule has 1 amide bonds. The Hall–Kier alpha value is -2.57. The minimum atomic E-state index is -1.15. The van der Waals surface area contributed by atoms with E-state index in [9.17, 15) is 18.4 Å². The fourth-order valence-electron chi connectivity index (χ4n) is 2.37. The van der Waals surface area contributed by atoms with E-state index in [4.69, 9.17) is 0 Å². The van der Waals surface area contributed by atoms with Crippen molar-refractivity contribution < 1.29 is 18.4 Å². The molecule has 3 rings (SSSR count). The highest BCUT2D eigenvalue weighted by molar-refractivity contribution is 6.52. The first-order valence-corrected chi connectivity index (χ1v) is 6.38. The molecule has 0 spiro atoms. The summed E-state index contributed by atoms with van der Waals surface area (Å²) in [5, 5.41) is 0. The highest BCUT2D eigenvalue weighted by atomic mass is 19.2. The Morgan fingerprint density at radius 3 is 2.62 bits per heavy atom. The SMILES string of the molecule is CCn1ccnc1CN1C(=O)C(=O)c2cc(F)c(F)cc21. The predicted octanol–water partition coefficient (Wildman–Crippen LogP) is 1.91. The van der Waals surface area contributed by atoms with Crippen LogP contribution in [0.2, 0.25) is 0 Å². The average molecular weight is 291 g/mol. The van der Waals surface area contributed by atoms with Gasteiger partial charge < -0.3 is 4.57 Å². The fourth-order valence-corrected chi connectivity index (χ4v) is 2.37. The van der Waals surface area contributed by atoms with Crippen molar-refractivity contribution in [2.24, 2.45) is 0 Å². The molecule has 0 atom stereocenters. The van der Waals surface area contributed by atoms with Gasteiger partial charge in [-0.1, -0.05) is 0 Å². The summed E-state index contributed by atoms with van der Waals surface area (Å²) in [6, 6.07) is 1.63. The Labute approximate surface area is 118 Å². The van der Waals surface area contributed by atoms with E-state index in [1.165, 1.54) is 0 Å². The van der Waals surface area contributed by atoms with Gasteiger partial charge in [-0.15, -0.1) is 0 Å². The van der Waals surface area contributed by atoms with E-state index in [1.807, 2.05) is 6.92 Å². The molecule has 0 aliphatic carbocycles. The molecule has 7 heteroatoms. The van der Waals surface area contributed by atoms with Crippen molar-refractivity contribution in [1.82, 2.24) is 9.55 Å². The molecule has 0 saturated heterocycles. The lowest BCUT2D eigenvalue weighted by molar-refractivity contribution is -0.114. The molecule has 2 aromatic rings. The molecule has 1 aliphatic rings. The Morgan fingerprint density at radius 2 is 1.90 bits per heavy atom. The maximum Gasteiger partial charge on any atom is 0.299 e. The number of aryl methyl sites for hydroxylation is 1. The number of imidazole rings is 1. The highest BCUT2D eigenvalue weighted by Crippen LogP contribution is 2.32. The zero-order valence-electron chi connectivity index (χ0n) is 11.1. The fraction of sp³-hybridized carbons (Fsp3) is 0.214. The highest BCUT2D eigenvalue weighted by Gasteiger charge is 2.37. The van der Waals surface area contributed by atoms with Gasteiger partial charge in [-0.2, -0.15) is 0 Å². The molecule has 1 aromatic heterocycles. The largest absolute Gasteiger partial charge is 0.334 e. The number of fused-ring (bicyclic) bond motifs is 1. The lowest BCUT2D eigenvalue weighted by Crippen LogP contribution is -2.30. The molecule has 2 heterocycles. The molecule has 0 unspecified atom stereocenters. The van der Waals surface area contributed by atoms with Gasteiger partial charge in [0.05, 0.1) is 17.8 Å². The maximum atomic E-state index is 13.4. The van der Waals surface area contributed by atoms with Gasteiger partial charge in [0.15, 0.2) is 11.6 Å². The van der Waals surface area contributed by atoms with Crippen LogP contribution in [-0.4, -0.2) is 21.2 Å². The van der Waals surface area contributed by atoms with Crippen LogP contribution in [0.25, 0.3) is 0 Å². The monoisotopic (exact) mass is 291 g/mol. The van der Waals surface area contributed by atoms with Gasteiger partial charge >= 0.3 is 0 Å². The van der Waals surface area contributed by atoms with Crippen molar-refractivity contribution in [3.8, 4) is 0 Å². The number of benzene rings is 1. The molecule has 0 saturated carbocycles. The molecule has 21 heavy (non-hydrogen) atoms. The van der Waals surface area contributed by atoms with Crippen LogP contribution >= 0.6 is 0 Å². The number of carbonyl (C=O) groups is 2. The third kappa shape index (κ3) is 2.01. The van der Waals surface area contributed by atoms with Gasteiger partial charge in [0.2, 0.25) is 0 Å². The number of hydrogen-bond donors (Lipinski definition) is 0. The molecule has 0 fully saturated rings. The Bertz CT molecular complexity index is 755. The number of rotatable bonds is 3. The topological polar surface area (TPSA) is 55.2 Å². The summed E-state index contributed by atoms with van der Waals surface area (Å²) in [7, 11) is 0. The summed E-state index contributed by atoms with van der Waals surface area (Å²) >= 11 is 0. The summed E-state index contributed by atoms with van der Waals surface area (Å²) in [5.74, 6) is -3.32. The van der Waals surface area contributed by atoms with Crippen molar-refractivity contribution in [1.29, 1.82) is 0 Å². The van der Waals surface area contributed by atoms with E-state index in [1.54, 1.807) is 17.0 Å². The minimum Gasteiger partial charge on any atom is -0.334 e. The van der Waals surface area contributed by atoms with Crippen molar-refractivity contribution in [2.45, 2.75) is 20.0 Å². The molecule has 5 nitrogen and oxygen atoms in total. The summed E-state index contributed by atoms with van der Waals surface area (Å²) < 4.78 is 28.4. The summed E-state index contributed by atoms with van der Waals surface area (Å²) in [6.07, 6.45) is 3.32. The molecule has 108 valence electrons. The molecule has 1 aromatic carbocycles. The summed E-state index contributed by atoms with van der Waals surface area (Å²) in [4.78, 5) is 29.1. The number of hydrogen-bond acceptors (Lipinski definition) is 3. The van der Waals surface area contributed by atoms with Crippen LogP contribution in [0.5, 0.6) is 0 Å². The molecular weight excluding hydrogens is 280 g/mol. The van der Waals surface area contributed by atoms with Gasteiger partial charge in [-0.25, -0.2) is 13.8 Å². The van der Waals surface area contributed by atoms with Crippen LogP contribution in [0.4, 0.5) is 14.5 Å². The predicted molar refractivity (Wildman–Crippen MR) is 69.8 cm³/mol. The van der Waals surface area contributed by atoms with E-state index in [-0.39, 0.29) is 17.8 Å². The summed E-state index contributed by atoms with van der Waals surface area (Å²) in [5.41, 5.74) is -0.0388. The molecule has 1 aliphatic heterocycles. The van der Waals surface area contributed by atoms with Crippen LogP contribution in [0, 0.1) is 11.6 Å². The van der Waals surface area contributed by atoms with Gasteiger partial charge in [0, 0.05) is 25.0 Å². The van der Waals surface area contributed by atoms with Gasteiger partial charge in [-0.05, 0) is 13.0 Å². The van der Waals surface area contributed by atoms with Gasteiger partial charge in [0.1, 0.15) is 5.82 Å². The van der Waals surface area contributed by atoms with Gasteiger partial charge in [-0.3, -0.25) is 14.5 Å². The smallest absolute Gasteiger partial charge is 0.299 e. The minimum absolute atomic E-state index is 0.0312. The lowest BCUT2D eigenvalue weighted by atomic mass is 10.1. The third-order valence-corrected chi connectivity index (χ3v) is 3.46. The van der Waals surface area contributed by atoms with E-state index < -0.39 is 23.3 Å². The lowest BCUT2D eigenvalue weighted by Gasteiger charge is -2.16. The number of anilines is 1. The van der Waals surface area contributed by atoms with Crippen LogP contribution < -0.4 is 4.90 Å². The second kappa shape index (κ2) is 4.76. The molecular formula is C14H11F2N3O2. The van der Waals surface area contributed by atoms with E-state index in [0.717, 1.165) is 17.0 Å². The van der Waals surface area contributed by atoms with E-state index >= 15 is 0 Å². The maximum absolute atomic E-state index is 13.4. The molecule has 0 N–H and O–H groups in total. The van der Waals surface area contributed by atoms with Crippen LogP contribution in [-0.2, 0) is 17.9 Å². The zero-order valence-corrected chi connectivity index (χ0v) is 11.1. The van der Waals surface area contributed by atoms with E-state index in [2.05, 4.69) is 4.98 Å². The van der Waals surface area contributed by atoms with Crippen LogP contribution in [0.15, 0.2) is 24.5 Å². The second-order valence-electron chi connectivity index (χ2n) is 4.63. The first kappa shape index (κ1) is 13.4. The Balaban J connectivity index is 2.03. The standard InChI is InChI=1S/C14H11F2N3O2/c1-2-18-4-3-17-12(18)7-19-11-6-10(16)9(15)5-8(11)13(20)14(19)21/h3-6H,2,7H2,1H3. The molecule has 0 radical (unpaired) electrons.